The van der Waals surface area contributed by atoms with Gasteiger partial charge in [0.25, 0.3) is 0 Å². The first-order valence-electron chi connectivity index (χ1n) is 8.12. The van der Waals surface area contributed by atoms with E-state index in [9.17, 15) is 0 Å². The van der Waals surface area contributed by atoms with Crippen LogP contribution in [0.5, 0.6) is 0 Å². The van der Waals surface area contributed by atoms with Gasteiger partial charge < -0.3 is 10.6 Å². The van der Waals surface area contributed by atoms with Gasteiger partial charge in [0.1, 0.15) is 0 Å². The maximum Gasteiger partial charge on any atom is 0.225 e. The predicted octanol–water partition coefficient (Wildman–Crippen LogP) is 2.69. The van der Waals surface area contributed by atoms with E-state index >= 15 is 0 Å². The molecule has 2 fully saturated rings. The maximum absolute atomic E-state index is 6.02. The van der Waals surface area contributed by atoms with Gasteiger partial charge >= 0.3 is 0 Å². The lowest BCUT2D eigenvalue weighted by Crippen LogP contribution is -2.29. The van der Waals surface area contributed by atoms with Crippen molar-refractivity contribution < 1.29 is 0 Å². The van der Waals surface area contributed by atoms with Gasteiger partial charge in [-0.25, -0.2) is 9.97 Å². The Balaban J connectivity index is 1.49. The number of piperidine rings is 1. The van der Waals surface area contributed by atoms with Crippen molar-refractivity contribution in [1.82, 2.24) is 9.97 Å². The second kappa shape index (κ2) is 4.77. The molecule has 3 aromatic rings. The van der Waals surface area contributed by atoms with Gasteiger partial charge in [-0.3, -0.25) is 0 Å². The summed E-state index contributed by atoms with van der Waals surface area (Å²) >= 11 is 0. The summed E-state index contributed by atoms with van der Waals surface area (Å²) in [7, 11) is 0. The summed E-state index contributed by atoms with van der Waals surface area (Å²) in [5, 5.41) is 2.48. The van der Waals surface area contributed by atoms with Crippen molar-refractivity contribution in [3.63, 3.8) is 0 Å². The minimum absolute atomic E-state index is 0.398. The van der Waals surface area contributed by atoms with Crippen LogP contribution in [-0.2, 0) is 0 Å². The van der Waals surface area contributed by atoms with Crippen molar-refractivity contribution in [3.8, 4) is 11.3 Å². The average Bonchev–Trinajstić information content (AvgIpc) is 3.01. The van der Waals surface area contributed by atoms with Gasteiger partial charge in [0.15, 0.2) is 0 Å². The number of hydrogen-bond acceptors (Lipinski definition) is 4. The standard InChI is InChI=1S/C19H18N4/c20-18-15-10-23(11-16(15)18)19-21-8-7-17(22-19)14-6-5-12-3-1-2-4-13(12)9-14/h1-9,15-16,18H,10-11,20H2/t15-,16+,18-. The van der Waals surface area contributed by atoms with Crippen molar-refractivity contribution in [2.45, 2.75) is 6.04 Å². The van der Waals surface area contributed by atoms with Crippen molar-refractivity contribution in [3.05, 3.63) is 54.7 Å². The summed E-state index contributed by atoms with van der Waals surface area (Å²) in [6.45, 7) is 1.99. The smallest absolute Gasteiger partial charge is 0.225 e. The third-order valence-electron chi connectivity index (χ3n) is 5.23. The minimum atomic E-state index is 0.398. The second-order valence-electron chi connectivity index (χ2n) is 6.61. The normalized spacial score (nSPS) is 25.6. The van der Waals surface area contributed by atoms with Crippen LogP contribution >= 0.6 is 0 Å². The number of benzene rings is 2. The molecule has 1 saturated carbocycles. The Morgan fingerprint density at radius 1 is 0.957 bits per heavy atom. The zero-order valence-corrected chi connectivity index (χ0v) is 12.8. The van der Waals surface area contributed by atoms with Crippen LogP contribution in [0, 0.1) is 11.8 Å². The molecule has 3 atom stereocenters. The fourth-order valence-electron chi connectivity index (χ4n) is 3.75. The van der Waals surface area contributed by atoms with E-state index in [0.717, 1.165) is 30.3 Å². The van der Waals surface area contributed by atoms with Crippen LogP contribution < -0.4 is 10.6 Å². The Bertz CT molecular complexity index is 879. The SMILES string of the molecule is N[C@H]1[C@H]2CN(c3nccc(-c4ccc5ccccc5c4)n3)C[C@@H]12. The molecule has 0 amide bonds. The molecule has 4 heteroatoms. The van der Waals surface area contributed by atoms with Crippen LogP contribution in [0.25, 0.3) is 22.0 Å². The average molecular weight is 302 g/mol. The van der Waals surface area contributed by atoms with E-state index in [-0.39, 0.29) is 0 Å². The highest BCUT2D eigenvalue weighted by molar-refractivity contribution is 5.86. The molecule has 1 aromatic heterocycles. The molecular formula is C19H18N4. The van der Waals surface area contributed by atoms with Crippen LogP contribution in [-0.4, -0.2) is 29.1 Å². The van der Waals surface area contributed by atoms with Gasteiger partial charge in [0.05, 0.1) is 5.69 Å². The lowest BCUT2D eigenvalue weighted by atomic mass is 10.1. The molecule has 0 unspecified atom stereocenters. The largest absolute Gasteiger partial charge is 0.340 e. The third-order valence-corrected chi connectivity index (χ3v) is 5.23. The van der Waals surface area contributed by atoms with Crippen molar-refractivity contribution >= 4 is 16.7 Å². The Hall–Kier alpha value is -2.46. The number of fused-ring (bicyclic) bond motifs is 2. The fraction of sp³-hybridized carbons (Fsp3) is 0.263. The molecule has 0 bridgehead atoms. The van der Waals surface area contributed by atoms with E-state index in [1.54, 1.807) is 0 Å². The Morgan fingerprint density at radius 2 is 1.74 bits per heavy atom. The fourth-order valence-corrected chi connectivity index (χ4v) is 3.75. The van der Waals surface area contributed by atoms with Gasteiger partial charge in [0, 0.05) is 30.9 Å². The second-order valence-corrected chi connectivity index (χ2v) is 6.61. The molecule has 2 aromatic carbocycles. The van der Waals surface area contributed by atoms with Gasteiger partial charge in [0.2, 0.25) is 5.95 Å². The first-order valence-corrected chi connectivity index (χ1v) is 8.12. The first kappa shape index (κ1) is 13.0. The zero-order valence-electron chi connectivity index (χ0n) is 12.8. The summed E-state index contributed by atoms with van der Waals surface area (Å²) in [5.74, 6) is 2.11. The highest BCUT2D eigenvalue weighted by Crippen LogP contribution is 2.44. The monoisotopic (exact) mass is 302 g/mol. The van der Waals surface area contributed by atoms with Gasteiger partial charge in [-0.2, -0.15) is 0 Å². The highest BCUT2D eigenvalue weighted by atomic mass is 15.3. The van der Waals surface area contributed by atoms with Gasteiger partial charge in [-0.15, -0.1) is 0 Å². The van der Waals surface area contributed by atoms with E-state index in [2.05, 4.69) is 52.3 Å². The van der Waals surface area contributed by atoms with Crippen LogP contribution in [0.2, 0.25) is 0 Å². The molecule has 1 saturated heterocycles. The molecule has 2 aliphatic rings. The molecule has 23 heavy (non-hydrogen) atoms. The lowest BCUT2D eigenvalue weighted by molar-refractivity contribution is 0.725. The first-order chi connectivity index (χ1) is 11.3. The number of aromatic nitrogens is 2. The Kier molecular flexibility index (Phi) is 2.70. The predicted molar refractivity (Wildman–Crippen MR) is 92.1 cm³/mol. The summed E-state index contributed by atoms with van der Waals surface area (Å²) in [5.41, 5.74) is 8.13. The van der Waals surface area contributed by atoms with E-state index < -0.39 is 0 Å². The third kappa shape index (κ3) is 2.10. The van der Waals surface area contributed by atoms with Crippen molar-refractivity contribution in [2.75, 3.05) is 18.0 Å². The number of nitrogens with zero attached hydrogens (tertiary/aromatic N) is 3. The van der Waals surface area contributed by atoms with E-state index in [1.807, 2.05) is 12.3 Å². The molecule has 1 aliphatic carbocycles. The number of nitrogens with two attached hydrogens (primary N) is 1. The topological polar surface area (TPSA) is 55.0 Å². The summed E-state index contributed by atoms with van der Waals surface area (Å²) in [6.07, 6.45) is 1.86. The maximum atomic E-state index is 6.02. The zero-order chi connectivity index (χ0) is 15.4. The summed E-state index contributed by atoms with van der Waals surface area (Å²) < 4.78 is 0. The van der Waals surface area contributed by atoms with Crippen molar-refractivity contribution in [1.29, 1.82) is 0 Å². The molecule has 1 aliphatic heterocycles. The highest BCUT2D eigenvalue weighted by Gasteiger charge is 2.54. The molecule has 114 valence electrons. The molecular weight excluding hydrogens is 284 g/mol. The molecule has 2 N–H and O–H groups in total. The van der Waals surface area contributed by atoms with Crippen LogP contribution in [0.15, 0.2) is 54.7 Å². The Labute approximate surface area is 135 Å². The number of rotatable bonds is 2. The van der Waals surface area contributed by atoms with Crippen LogP contribution in [0.3, 0.4) is 0 Å². The minimum Gasteiger partial charge on any atom is -0.340 e. The van der Waals surface area contributed by atoms with Crippen molar-refractivity contribution in [2.24, 2.45) is 17.6 Å². The van der Waals surface area contributed by atoms with E-state index in [0.29, 0.717) is 17.9 Å². The van der Waals surface area contributed by atoms with E-state index in [4.69, 9.17) is 10.7 Å². The summed E-state index contributed by atoms with van der Waals surface area (Å²) in [6, 6.07) is 17.2. The van der Waals surface area contributed by atoms with Gasteiger partial charge in [-0.05, 0) is 34.7 Å². The van der Waals surface area contributed by atoms with Gasteiger partial charge in [-0.1, -0.05) is 36.4 Å². The molecule has 5 rings (SSSR count). The van der Waals surface area contributed by atoms with Crippen LogP contribution in [0.4, 0.5) is 5.95 Å². The molecule has 0 spiro atoms. The lowest BCUT2D eigenvalue weighted by Gasteiger charge is -2.19. The number of hydrogen-bond donors (Lipinski definition) is 1. The summed E-state index contributed by atoms with van der Waals surface area (Å²) in [4.78, 5) is 11.5. The molecule has 2 heterocycles. The quantitative estimate of drug-likeness (QED) is 0.791. The van der Waals surface area contributed by atoms with E-state index in [1.165, 1.54) is 10.8 Å². The Morgan fingerprint density at radius 3 is 2.57 bits per heavy atom. The molecule has 0 radical (unpaired) electrons. The number of anilines is 1. The molecule has 4 nitrogen and oxygen atoms in total. The van der Waals surface area contributed by atoms with Crippen LogP contribution in [0.1, 0.15) is 0 Å².